The van der Waals surface area contributed by atoms with Gasteiger partial charge in [-0.15, -0.1) is 0 Å². The van der Waals surface area contributed by atoms with Crippen molar-refractivity contribution in [2.75, 3.05) is 26.8 Å². The van der Waals surface area contributed by atoms with Gasteiger partial charge >= 0.3 is 0 Å². The molecule has 2 amide bonds. The van der Waals surface area contributed by atoms with Crippen LogP contribution >= 0.6 is 11.6 Å². The molecule has 0 saturated carbocycles. The summed E-state index contributed by atoms with van der Waals surface area (Å²) >= 11 is 5.91. The number of carbonyl (C=O) groups is 2. The summed E-state index contributed by atoms with van der Waals surface area (Å²) in [6.45, 7) is 6.51. The zero-order valence-corrected chi connectivity index (χ0v) is 18.0. The Bertz CT molecular complexity index is 839. The average Bonchev–Trinajstić information content (AvgIpc) is 2.72. The van der Waals surface area contributed by atoms with Gasteiger partial charge in [0, 0.05) is 17.6 Å². The third kappa shape index (κ3) is 6.12. The number of likely N-dealkylation sites (N-methyl/N-ethyl adjacent to an activating group) is 1. The van der Waals surface area contributed by atoms with Crippen LogP contribution in [-0.2, 0) is 4.79 Å². The Hall–Kier alpha value is -2.73. The van der Waals surface area contributed by atoms with Crippen molar-refractivity contribution >= 4 is 23.4 Å². The Kier molecular flexibility index (Phi) is 8.34. The zero-order chi connectivity index (χ0) is 21.4. The first-order chi connectivity index (χ1) is 13.9. The highest BCUT2D eigenvalue weighted by molar-refractivity contribution is 6.30. The highest BCUT2D eigenvalue weighted by Gasteiger charge is 2.19. The van der Waals surface area contributed by atoms with Crippen LogP contribution in [-0.4, -0.2) is 43.5 Å². The van der Waals surface area contributed by atoms with Gasteiger partial charge in [-0.1, -0.05) is 23.7 Å². The van der Waals surface area contributed by atoms with E-state index in [1.54, 1.807) is 42.3 Å². The predicted octanol–water partition coefficient (Wildman–Crippen LogP) is 4.09. The average molecular weight is 419 g/mol. The SMILES string of the molecule is CCOc1ccc(C(=O)NCC(=O)N(C)C(C)c2ccc(Cl)cc2)cc1OCC. The molecule has 0 aliphatic carbocycles. The normalized spacial score (nSPS) is 11.5. The van der Waals surface area contributed by atoms with Gasteiger partial charge in [-0.05, 0) is 56.7 Å². The number of nitrogens with zero attached hydrogens (tertiary/aromatic N) is 1. The van der Waals surface area contributed by atoms with E-state index in [1.807, 2.05) is 32.9 Å². The van der Waals surface area contributed by atoms with Crippen molar-refractivity contribution in [3.05, 3.63) is 58.6 Å². The number of hydrogen-bond acceptors (Lipinski definition) is 4. The first kappa shape index (κ1) is 22.6. The standard InChI is InChI=1S/C22H27ClN2O4/c1-5-28-19-12-9-17(13-20(19)29-6-2)22(27)24-14-21(26)25(4)15(3)16-7-10-18(23)11-8-16/h7-13,15H,5-6,14H2,1-4H3,(H,24,27). The summed E-state index contributed by atoms with van der Waals surface area (Å²) in [5.41, 5.74) is 1.36. The van der Waals surface area contributed by atoms with Crippen LogP contribution in [0.4, 0.5) is 0 Å². The van der Waals surface area contributed by atoms with Gasteiger partial charge in [0.25, 0.3) is 5.91 Å². The van der Waals surface area contributed by atoms with E-state index in [9.17, 15) is 9.59 Å². The minimum atomic E-state index is -0.352. The molecule has 0 heterocycles. The Morgan fingerprint density at radius 1 is 1.03 bits per heavy atom. The van der Waals surface area contributed by atoms with Crippen molar-refractivity contribution in [3.8, 4) is 11.5 Å². The topological polar surface area (TPSA) is 67.9 Å². The van der Waals surface area contributed by atoms with Crippen molar-refractivity contribution in [3.63, 3.8) is 0 Å². The molecule has 6 nitrogen and oxygen atoms in total. The quantitative estimate of drug-likeness (QED) is 0.666. The van der Waals surface area contributed by atoms with E-state index < -0.39 is 0 Å². The summed E-state index contributed by atoms with van der Waals surface area (Å²) < 4.78 is 11.0. The molecular weight excluding hydrogens is 392 g/mol. The molecule has 2 aromatic carbocycles. The Morgan fingerprint density at radius 3 is 2.28 bits per heavy atom. The van der Waals surface area contributed by atoms with Crippen LogP contribution in [0.2, 0.25) is 5.02 Å². The second kappa shape index (κ2) is 10.7. The van der Waals surface area contributed by atoms with Crippen molar-refractivity contribution in [1.82, 2.24) is 10.2 Å². The number of ether oxygens (including phenoxy) is 2. The van der Waals surface area contributed by atoms with Crippen LogP contribution in [0.5, 0.6) is 11.5 Å². The van der Waals surface area contributed by atoms with Gasteiger partial charge in [-0.3, -0.25) is 9.59 Å². The molecule has 2 rings (SSSR count). The van der Waals surface area contributed by atoms with Gasteiger partial charge in [-0.2, -0.15) is 0 Å². The molecule has 1 N–H and O–H groups in total. The molecule has 29 heavy (non-hydrogen) atoms. The van der Waals surface area contributed by atoms with Crippen molar-refractivity contribution in [2.24, 2.45) is 0 Å². The smallest absolute Gasteiger partial charge is 0.251 e. The number of rotatable bonds is 9. The molecule has 0 radical (unpaired) electrons. The summed E-state index contributed by atoms with van der Waals surface area (Å²) in [4.78, 5) is 26.6. The minimum Gasteiger partial charge on any atom is -0.490 e. The molecule has 0 spiro atoms. The lowest BCUT2D eigenvalue weighted by Crippen LogP contribution is -2.39. The lowest BCUT2D eigenvalue weighted by molar-refractivity contribution is -0.130. The molecule has 7 heteroatoms. The van der Waals surface area contributed by atoms with Gasteiger partial charge in [0.1, 0.15) is 0 Å². The lowest BCUT2D eigenvalue weighted by Gasteiger charge is -2.25. The van der Waals surface area contributed by atoms with E-state index in [-0.39, 0.29) is 24.4 Å². The fraction of sp³-hybridized carbons (Fsp3) is 0.364. The minimum absolute atomic E-state index is 0.107. The van der Waals surface area contributed by atoms with Crippen LogP contribution in [0.1, 0.15) is 42.7 Å². The van der Waals surface area contributed by atoms with Crippen molar-refractivity contribution in [2.45, 2.75) is 26.8 Å². The third-order valence-electron chi connectivity index (χ3n) is 4.53. The second-order valence-corrected chi connectivity index (χ2v) is 6.88. The van der Waals surface area contributed by atoms with Crippen molar-refractivity contribution < 1.29 is 19.1 Å². The molecule has 0 aliphatic rings. The monoisotopic (exact) mass is 418 g/mol. The Labute approximate surface area is 176 Å². The molecule has 1 atom stereocenters. The lowest BCUT2D eigenvalue weighted by atomic mass is 10.1. The van der Waals surface area contributed by atoms with Crippen molar-refractivity contribution in [1.29, 1.82) is 0 Å². The molecule has 0 aliphatic heterocycles. The third-order valence-corrected chi connectivity index (χ3v) is 4.78. The number of amides is 2. The number of nitrogens with one attached hydrogen (secondary N) is 1. The number of carbonyl (C=O) groups excluding carboxylic acids is 2. The fourth-order valence-electron chi connectivity index (χ4n) is 2.76. The van der Waals surface area contributed by atoms with E-state index in [1.165, 1.54) is 0 Å². The molecular formula is C22H27ClN2O4. The number of hydrogen-bond donors (Lipinski definition) is 1. The van der Waals surface area contributed by atoms with E-state index in [0.29, 0.717) is 35.3 Å². The molecule has 0 fully saturated rings. The Balaban J connectivity index is 1.99. The van der Waals surface area contributed by atoms with Gasteiger partial charge in [0.2, 0.25) is 5.91 Å². The zero-order valence-electron chi connectivity index (χ0n) is 17.2. The maximum Gasteiger partial charge on any atom is 0.251 e. The van der Waals surface area contributed by atoms with E-state index in [0.717, 1.165) is 5.56 Å². The van der Waals surface area contributed by atoms with Crippen LogP contribution in [0.3, 0.4) is 0 Å². The van der Waals surface area contributed by atoms with E-state index in [4.69, 9.17) is 21.1 Å². The maximum atomic E-state index is 12.5. The van der Waals surface area contributed by atoms with Crippen LogP contribution in [0.15, 0.2) is 42.5 Å². The largest absolute Gasteiger partial charge is 0.490 e. The highest BCUT2D eigenvalue weighted by atomic mass is 35.5. The van der Waals surface area contributed by atoms with Gasteiger partial charge in [0.05, 0.1) is 25.8 Å². The first-order valence-corrected chi connectivity index (χ1v) is 9.94. The number of halogens is 1. The van der Waals surface area contributed by atoms with Crippen LogP contribution in [0.25, 0.3) is 0 Å². The predicted molar refractivity (Wildman–Crippen MR) is 114 cm³/mol. The summed E-state index contributed by atoms with van der Waals surface area (Å²) in [6, 6.07) is 12.1. The molecule has 0 bridgehead atoms. The van der Waals surface area contributed by atoms with Gasteiger partial charge in [-0.25, -0.2) is 0 Å². The molecule has 0 saturated heterocycles. The highest BCUT2D eigenvalue weighted by Crippen LogP contribution is 2.28. The summed E-state index contributed by atoms with van der Waals surface area (Å²) in [7, 11) is 1.71. The molecule has 1 unspecified atom stereocenters. The van der Waals surface area contributed by atoms with Crippen LogP contribution in [0, 0.1) is 0 Å². The molecule has 2 aromatic rings. The van der Waals surface area contributed by atoms with E-state index in [2.05, 4.69) is 5.32 Å². The number of benzene rings is 2. The first-order valence-electron chi connectivity index (χ1n) is 9.56. The van der Waals surface area contributed by atoms with E-state index >= 15 is 0 Å². The summed E-state index contributed by atoms with van der Waals surface area (Å²) in [5.74, 6) is 0.534. The van der Waals surface area contributed by atoms with Gasteiger partial charge < -0.3 is 19.7 Å². The summed E-state index contributed by atoms with van der Waals surface area (Å²) in [5, 5.41) is 3.31. The fourth-order valence-corrected chi connectivity index (χ4v) is 2.88. The second-order valence-electron chi connectivity index (χ2n) is 6.44. The molecule has 0 aromatic heterocycles. The summed E-state index contributed by atoms with van der Waals surface area (Å²) in [6.07, 6.45) is 0. The Morgan fingerprint density at radius 2 is 1.66 bits per heavy atom. The van der Waals surface area contributed by atoms with Crippen LogP contribution < -0.4 is 14.8 Å². The molecule has 156 valence electrons. The maximum absolute atomic E-state index is 12.5. The van der Waals surface area contributed by atoms with Gasteiger partial charge in [0.15, 0.2) is 11.5 Å².